The number of ether oxygens (including phenoxy) is 2. The molecular formula is C17H16O7. The Balaban J connectivity index is 2.18. The lowest BCUT2D eigenvalue weighted by Crippen LogP contribution is -2.10. The lowest BCUT2D eigenvalue weighted by atomic mass is 9.95. The average molecular weight is 332 g/mol. The van der Waals surface area contributed by atoms with Gasteiger partial charge in [0.05, 0.1) is 14.2 Å². The second-order valence-corrected chi connectivity index (χ2v) is 5.33. The smallest absolute Gasteiger partial charge is 0.238 e. The summed E-state index contributed by atoms with van der Waals surface area (Å²) in [6, 6.07) is 2.71. The molecule has 0 radical (unpaired) electrons. The van der Waals surface area contributed by atoms with Crippen LogP contribution in [0.2, 0.25) is 0 Å². The second kappa shape index (κ2) is 5.84. The molecule has 0 amide bonds. The molecule has 0 saturated carbocycles. The molecule has 0 aliphatic heterocycles. The first-order valence-corrected chi connectivity index (χ1v) is 7.18. The third-order valence-electron chi connectivity index (χ3n) is 3.91. The fraction of sp³-hybridized carbons (Fsp3) is 0.235. The van der Waals surface area contributed by atoms with Gasteiger partial charge >= 0.3 is 0 Å². The minimum atomic E-state index is -0.749. The van der Waals surface area contributed by atoms with E-state index in [0.717, 1.165) is 0 Å². The van der Waals surface area contributed by atoms with Crippen LogP contribution in [0.1, 0.15) is 18.1 Å². The van der Waals surface area contributed by atoms with E-state index in [-0.39, 0.29) is 28.2 Å². The Morgan fingerprint density at radius 1 is 1.17 bits per heavy atom. The summed E-state index contributed by atoms with van der Waals surface area (Å²) >= 11 is 0. The fourth-order valence-corrected chi connectivity index (χ4v) is 2.70. The predicted molar refractivity (Wildman–Crippen MR) is 85.5 cm³/mol. The summed E-state index contributed by atoms with van der Waals surface area (Å²) in [5.74, 6) is -0.983. The normalized spacial score (nSPS) is 17.3. The molecule has 1 aliphatic rings. The molecule has 1 aliphatic carbocycles. The minimum Gasteiger partial charge on any atom is -0.507 e. The number of hydrogen-bond acceptors (Lipinski definition) is 7. The van der Waals surface area contributed by atoms with E-state index in [1.165, 1.54) is 32.4 Å². The first-order chi connectivity index (χ1) is 11.5. The van der Waals surface area contributed by atoms with Crippen molar-refractivity contribution in [2.24, 2.45) is 0 Å². The van der Waals surface area contributed by atoms with Crippen molar-refractivity contribution in [1.29, 1.82) is 0 Å². The Morgan fingerprint density at radius 3 is 2.54 bits per heavy atom. The third-order valence-corrected chi connectivity index (χ3v) is 3.91. The molecule has 3 N–H and O–H groups in total. The SMILES string of the molecule is COC1=CC[C@@H](c2oc3cc(OC)cc(O)c3c(=O)c2O)C=C1O. The summed E-state index contributed by atoms with van der Waals surface area (Å²) in [5, 5.41) is 29.9. The molecule has 7 nitrogen and oxygen atoms in total. The molecule has 1 aromatic carbocycles. The van der Waals surface area contributed by atoms with Gasteiger partial charge in [0.25, 0.3) is 0 Å². The molecule has 1 heterocycles. The zero-order valence-electron chi connectivity index (χ0n) is 13.1. The molecule has 126 valence electrons. The summed E-state index contributed by atoms with van der Waals surface area (Å²) in [6.07, 6.45) is 3.43. The van der Waals surface area contributed by atoms with Crippen molar-refractivity contribution in [3.8, 4) is 17.2 Å². The van der Waals surface area contributed by atoms with E-state index in [0.29, 0.717) is 17.9 Å². The first kappa shape index (κ1) is 15.8. The molecule has 24 heavy (non-hydrogen) atoms. The highest BCUT2D eigenvalue weighted by Gasteiger charge is 2.26. The van der Waals surface area contributed by atoms with Gasteiger partial charge in [-0.3, -0.25) is 4.79 Å². The number of rotatable bonds is 3. The van der Waals surface area contributed by atoms with Gasteiger partial charge in [0.1, 0.15) is 22.5 Å². The Labute approximate surface area is 136 Å². The molecule has 0 spiro atoms. The number of aliphatic hydroxyl groups excluding tert-OH is 1. The van der Waals surface area contributed by atoms with Crippen molar-refractivity contribution in [3.63, 3.8) is 0 Å². The Kier molecular flexibility index (Phi) is 3.84. The topological polar surface area (TPSA) is 109 Å². The lowest BCUT2D eigenvalue weighted by molar-refractivity contribution is 0.248. The number of methoxy groups -OCH3 is 2. The van der Waals surface area contributed by atoms with E-state index in [1.54, 1.807) is 6.08 Å². The molecule has 1 atom stereocenters. The second-order valence-electron chi connectivity index (χ2n) is 5.33. The number of phenolic OH excluding ortho intramolecular Hbond substituents is 1. The first-order valence-electron chi connectivity index (χ1n) is 7.18. The van der Waals surface area contributed by atoms with Crippen molar-refractivity contribution in [2.75, 3.05) is 14.2 Å². The number of phenols is 1. The standard InChI is InChI=1S/C17H16O7/c1-22-9-6-11(19)14-13(7-9)24-17(16(21)15(14)20)8-3-4-12(23-2)10(18)5-8/h4-8,18-19,21H,3H2,1-2H3/t8-/m1/s1. The largest absolute Gasteiger partial charge is 0.507 e. The molecule has 0 fully saturated rings. The average Bonchev–Trinajstić information content (AvgIpc) is 2.57. The maximum absolute atomic E-state index is 12.4. The van der Waals surface area contributed by atoms with Crippen LogP contribution >= 0.6 is 0 Å². The van der Waals surface area contributed by atoms with Crippen LogP contribution in [-0.2, 0) is 4.74 Å². The summed E-state index contributed by atoms with van der Waals surface area (Å²) in [7, 11) is 2.85. The lowest BCUT2D eigenvalue weighted by Gasteiger charge is -2.18. The van der Waals surface area contributed by atoms with Crippen molar-refractivity contribution < 1.29 is 29.2 Å². The number of aliphatic hydroxyl groups is 1. The van der Waals surface area contributed by atoms with Crippen LogP contribution in [0.25, 0.3) is 11.0 Å². The van der Waals surface area contributed by atoms with Gasteiger partial charge in [-0.25, -0.2) is 0 Å². The third kappa shape index (κ3) is 2.44. The minimum absolute atomic E-state index is 0.00175. The zero-order valence-corrected chi connectivity index (χ0v) is 13.1. The van der Waals surface area contributed by atoms with Crippen molar-refractivity contribution in [1.82, 2.24) is 0 Å². The number of allylic oxidation sites excluding steroid dienone is 2. The molecule has 0 saturated heterocycles. The van der Waals surface area contributed by atoms with Gasteiger partial charge < -0.3 is 29.2 Å². The monoisotopic (exact) mass is 332 g/mol. The van der Waals surface area contributed by atoms with Gasteiger partial charge in [-0.15, -0.1) is 0 Å². The van der Waals surface area contributed by atoms with Gasteiger partial charge in [0.2, 0.25) is 11.2 Å². The van der Waals surface area contributed by atoms with E-state index in [4.69, 9.17) is 13.9 Å². The van der Waals surface area contributed by atoms with Crippen LogP contribution in [0.3, 0.4) is 0 Å². The molecule has 1 aromatic heterocycles. The highest BCUT2D eigenvalue weighted by molar-refractivity contribution is 5.86. The predicted octanol–water partition coefficient (Wildman–Crippen LogP) is 2.67. The van der Waals surface area contributed by atoms with Crippen LogP contribution in [0.15, 0.2) is 45.0 Å². The van der Waals surface area contributed by atoms with Gasteiger partial charge in [-0.2, -0.15) is 0 Å². The van der Waals surface area contributed by atoms with E-state index in [9.17, 15) is 20.1 Å². The zero-order chi connectivity index (χ0) is 17.4. The van der Waals surface area contributed by atoms with Crippen molar-refractivity contribution in [2.45, 2.75) is 12.3 Å². The number of hydrogen-bond donors (Lipinski definition) is 3. The molecule has 3 rings (SSSR count). The molecule has 0 bridgehead atoms. The molecule has 0 unspecified atom stereocenters. The van der Waals surface area contributed by atoms with Crippen LogP contribution < -0.4 is 10.2 Å². The summed E-state index contributed by atoms with van der Waals surface area (Å²) in [6.45, 7) is 0. The number of fused-ring (bicyclic) bond motifs is 1. The van der Waals surface area contributed by atoms with Crippen molar-refractivity contribution >= 4 is 11.0 Å². The Morgan fingerprint density at radius 2 is 1.92 bits per heavy atom. The van der Waals surface area contributed by atoms with Crippen LogP contribution in [0.5, 0.6) is 17.2 Å². The quantitative estimate of drug-likeness (QED) is 0.792. The number of benzene rings is 1. The van der Waals surface area contributed by atoms with Crippen LogP contribution in [0, 0.1) is 0 Å². The van der Waals surface area contributed by atoms with Gasteiger partial charge in [0, 0.05) is 18.1 Å². The van der Waals surface area contributed by atoms with E-state index in [1.807, 2.05) is 0 Å². The van der Waals surface area contributed by atoms with Crippen LogP contribution in [-0.4, -0.2) is 29.5 Å². The van der Waals surface area contributed by atoms with Crippen LogP contribution in [0.4, 0.5) is 0 Å². The molecule has 2 aromatic rings. The van der Waals surface area contributed by atoms with Gasteiger partial charge in [-0.1, -0.05) is 0 Å². The highest BCUT2D eigenvalue weighted by Crippen LogP contribution is 2.37. The van der Waals surface area contributed by atoms with E-state index in [2.05, 4.69) is 0 Å². The molecular weight excluding hydrogens is 316 g/mol. The van der Waals surface area contributed by atoms with E-state index >= 15 is 0 Å². The number of aromatic hydroxyl groups is 2. The highest BCUT2D eigenvalue weighted by atomic mass is 16.5. The van der Waals surface area contributed by atoms with Crippen molar-refractivity contribution in [3.05, 3.63) is 51.8 Å². The summed E-state index contributed by atoms with van der Waals surface area (Å²) in [4.78, 5) is 12.4. The molecule has 7 heteroatoms. The Hall–Kier alpha value is -3.09. The van der Waals surface area contributed by atoms with Gasteiger partial charge in [0.15, 0.2) is 17.3 Å². The summed E-state index contributed by atoms with van der Waals surface area (Å²) < 4.78 is 15.7. The maximum atomic E-state index is 12.4. The van der Waals surface area contributed by atoms with Gasteiger partial charge in [-0.05, 0) is 18.6 Å². The Bertz CT molecular complexity index is 921. The van der Waals surface area contributed by atoms with E-state index < -0.39 is 17.1 Å². The summed E-state index contributed by atoms with van der Waals surface area (Å²) in [5.41, 5.74) is -0.667. The maximum Gasteiger partial charge on any atom is 0.238 e. The fourth-order valence-electron chi connectivity index (χ4n) is 2.70.